The van der Waals surface area contributed by atoms with Crippen molar-refractivity contribution in [3.8, 4) is 0 Å². The van der Waals surface area contributed by atoms with Gasteiger partial charge in [-0.2, -0.15) is 0 Å². The van der Waals surface area contributed by atoms with Crippen LogP contribution in [0.5, 0.6) is 0 Å². The number of para-hydroxylation sites is 1. The first-order chi connectivity index (χ1) is 36.2. The lowest BCUT2D eigenvalue weighted by molar-refractivity contribution is -0.142. The number of carboxylic acid groups (broad SMARTS) is 2. The molecule has 8 atom stereocenters. The molecule has 13 N–H and O–H groups in total. The zero-order chi connectivity index (χ0) is 59.1. The van der Waals surface area contributed by atoms with Gasteiger partial charge in [0.25, 0.3) is 0 Å². The molecule has 19 heteroatoms. The Morgan fingerprint density at radius 2 is 1.32 bits per heavy atom. The molecular weight excluding hydrogens is 875 g/mol. The van der Waals surface area contributed by atoms with Gasteiger partial charge >= 0.3 is 11.9 Å². The molecule has 1 aromatic heterocycles. The van der Waals surface area contributed by atoms with Crippen LogP contribution in [0.2, 0.25) is 0 Å². The normalized spacial score (nSPS) is 18.3. The fourth-order valence-electron chi connectivity index (χ4n) is 7.17. The number of aromatic amines is 1. The number of carboxylic acids is 2. The highest BCUT2D eigenvalue weighted by Crippen LogP contribution is 2.20. The molecule has 3 aromatic rings. The fourth-order valence-corrected chi connectivity index (χ4v) is 7.17. The lowest BCUT2D eigenvalue weighted by Crippen LogP contribution is -2.61. The zero-order valence-corrected chi connectivity index (χ0v) is 38.8. The SMILES string of the molecule is [2H]C([2H])([2H])C([2H])(C([2H])([2H])[2H])C([2H])([2H])C([2H])(NC(=O)[C@H](Cc1c[nH]c2ccccc12)NC(=O)[C@H](CCC(=O)O)NC(=O)[C@@H](NC(=O)[C@H](Cc1ccccc1)NC(=O)[C@@H](N)CC(C)C)[C@@H](C)CC)C(=O)N[C@H](CCCCN)C(=O)O. The van der Waals surface area contributed by atoms with Crippen LogP contribution < -0.4 is 43.4 Å². The van der Waals surface area contributed by atoms with Gasteiger partial charge in [0.05, 0.1) is 7.41 Å². The van der Waals surface area contributed by atoms with Gasteiger partial charge in [-0.25, -0.2) is 4.79 Å². The van der Waals surface area contributed by atoms with Crippen LogP contribution >= 0.6 is 0 Å². The van der Waals surface area contributed by atoms with Crippen LogP contribution in [0.3, 0.4) is 0 Å². The first-order valence-corrected chi connectivity index (χ1v) is 22.5. The molecule has 0 aliphatic rings. The summed E-state index contributed by atoms with van der Waals surface area (Å²) in [5.41, 5.74) is 13.0. The van der Waals surface area contributed by atoms with Gasteiger partial charge in [0.1, 0.15) is 36.2 Å². The van der Waals surface area contributed by atoms with E-state index in [1.54, 1.807) is 73.8 Å². The molecular formula is C49H73N9O10. The summed E-state index contributed by atoms with van der Waals surface area (Å²) >= 11 is 0. The number of amides is 6. The molecule has 19 nitrogen and oxygen atoms in total. The highest BCUT2D eigenvalue weighted by Gasteiger charge is 2.36. The maximum atomic E-state index is 14.9. The number of hydrogen-bond acceptors (Lipinski definition) is 10. The minimum absolute atomic E-state index is 0.0229. The van der Waals surface area contributed by atoms with Crippen LogP contribution in [-0.4, -0.2) is 111 Å². The van der Waals surface area contributed by atoms with Crippen LogP contribution in [0.25, 0.3) is 10.9 Å². The lowest BCUT2D eigenvalue weighted by Gasteiger charge is -2.29. The summed E-state index contributed by atoms with van der Waals surface area (Å²) < 4.78 is 84.4. The second-order valence-electron chi connectivity index (χ2n) is 17.0. The highest BCUT2D eigenvalue weighted by molar-refractivity contribution is 5.98. The largest absolute Gasteiger partial charge is 0.481 e. The molecule has 0 fully saturated rings. The van der Waals surface area contributed by atoms with Gasteiger partial charge in [-0.1, -0.05) is 96.4 Å². The summed E-state index contributed by atoms with van der Waals surface area (Å²) in [6.45, 7) is -1.32. The van der Waals surface area contributed by atoms with Crippen molar-refractivity contribution in [2.45, 2.75) is 148 Å². The van der Waals surface area contributed by atoms with Crippen molar-refractivity contribution in [1.82, 2.24) is 36.9 Å². The predicted molar refractivity (Wildman–Crippen MR) is 257 cm³/mol. The van der Waals surface area contributed by atoms with E-state index in [4.69, 9.17) is 23.8 Å². The van der Waals surface area contributed by atoms with Crippen molar-refractivity contribution in [1.29, 1.82) is 0 Å². The Morgan fingerprint density at radius 3 is 1.96 bits per heavy atom. The van der Waals surface area contributed by atoms with E-state index in [9.17, 15) is 49.9 Å². The molecule has 6 amide bonds. The quantitative estimate of drug-likeness (QED) is 0.0430. The highest BCUT2D eigenvalue weighted by atomic mass is 16.4. The third kappa shape index (κ3) is 18.4. The summed E-state index contributed by atoms with van der Waals surface area (Å²) in [7, 11) is 0. The maximum absolute atomic E-state index is 14.9. The average Bonchev–Trinajstić information content (AvgIpc) is 3.80. The van der Waals surface area contributed by atoms with E-state index in [1.165, 1.54) is 6.20 Å². The van der Waals surface area contributed by atoms with Crippen molar-refractivity contribution < 1.29 is 62.3 Å². The molecule has 1 unspecified atom stereocenters. The summed E-state index contributed by atoms with van der Waals surface area (Å²) in [6, 6.07) is 1.15. The predicted octanol–water partition coefficient (Wildman–Crippen LogP) is 2.41. The van der Waals surface area contributed by atoms with E-state index in [2.05, 4.69) is 26.3 Å². The number of fused-ring (bicyclic) bond motifs is 1. The average molecular weight is 958 g/mol. The minimum atomic E-state index is -4.50. The fraction of sp³-hybridized carbons (Fsp3) is 0.551. The van der Waals surface area contributed by atoms with E-state index in [0.717, 1.165) is 0 Å². The van der Waals surface area contributed by atoms with Gasteiger partial charge < -0.3 is 58.6 Å². The van der Waals surface area contributed by atoms with Gasteiger partial charge in [-0.05, 0) is 79.9 Å². The Morgan fingerprint density at radius 1 is 0.721 bits per heavy atom. The van der Waals surface area contributed by atoms with Crippen LogP contribution in [-0.2, 0) is 51.2 Å². The number of H-pyrrole nitrogens is 1. The molecule has 0 bridgehead atoms. The molecule has 0 saturated carbocycles. The van der Waals surface area contributed by atoms with Gasteiger partial charge in [-0.15, -0.1) is 0 Å². The Balaban J connectivity index is 2.19. The smallest absolute Gasteiger partial charge is 0.326 e. The third-order valence-corrected chi connectivity index (χ3v) is 11.1. The Kier molecular flexibility index (Phi) is 17.3. The van der Waals surface area contributed by atoms with Crippen LogP contribution in [0, 0.1) is 17.7 Å². The summed E-state index contributed by atoms with van der Waals surface area (Å²) in [6.07, 6.45) is -4.88. The Bertz CT molecular complexity index is 2560. The monoisotopic (exact) mass is 958 g/mol. The van der Waals surface area contributed by atoms with Crippen molar-refractivity contribution in [3.05, 3.63) is 71.9 Å². The molecule has 0 aliphatic heterocycles. The van der Waals surface area contributed by atoms with Gasteiger partial charge in [0, 0.05) is 48.7 Å². The standard InChI is InChI=1S/C49H73N9O10/c1-7-30(6)42(58-47(65)39(25-31-15-9-8-10-16-31)55-43(61)34(51)23-28(2)3)48(66)53-36(20-21-41(59)60)44(62)57-40(26-32-27-52-35-18-12-11-17-33(32)35)46(64)56-38(24-29(4)5)45(63)54-37(49(67)68)19-13-14-22-50/h8-12,15-18,27-30,34,36-40,42,52H,7,13-14,19-26,50-51H2,1-6H3,(H,53,66)(H,54,63)(H,55,61)(H,56,64)(H,57,62)(H,58,65)(H,59,60)(H,67,68)/t30-,34-,36-,37+,38?,39-,40-,42-/m0/s1/i4D3,5D3,24D2,29D,38D. The molecule has 0 saturated heterocycles. The molecule has 3 rings (SSSR count). The minimum Gasteiger partial charge on any atom is -0.481 e. The molecule has 374 valence electrons. The van der Waals surface area contributed by atoms with E-state index in [1.807, 2.05) is 19.2 Å². The molecule has 0 radical (unpaired) electrons. The van der Waals surface area contributed by atoms with E-state index >= 15 is 0 Å². The first kappa shape index (κ1) is 41.8. The zero-order valence-electron chi connectivity index (χ0n) is 48.8. The van der Waals surface area contributed by atoms with E-state index < -0.39 is 147 Å². The number of benzene rings is 2. The second kappa shape index (κ2) is 28.1. The Hall–Kier alpha value is -6.34. The van der Waals surface area contributed by atoms with Gasteiger partial charge in [-0.3, -0.25) is 33.6 Å². The van der Waals surface area contributed by atoms with Crippen molar-refractivity contribution in [3.63, 3.8) is 0 Å². The van der Waals surface area contributed by atoms with Crippen LogP contribution in [0.1, 0.15) is 118 Å². The van der Waals surface area contributed by atoms with Crippen molar-refractivity contribution >= 4 is 58.3 Å². The molecule has 2 aromatic carbocycles. The lowest BCUT2D eigenvalue weighted by atomic mass is 9.96. The number of carbonyl (C=O) groups excluding carboxylic acids is 6. The Labute approximate surface area is 412 Å². The second-order valence-corrected chi connectivity index (χ2v) is 17.0. The number of nitrogens with two attached hydrogens (primary N) is 2. The van der Waals surface area contributed by atoms with Crippen molar-refractivity contribution in [2.75, 3.05) is 6.54 Å². The molecule has 0 spiro atoms. The molecule has 68 heavy (non-hydrogen) atoms. The number of rotatable bonds is 30. The van der Waals surface area contributed by atoms with Crippen molar-refractivity contribution in [2.24, 2.45) is 29.2 Å². The number of nitrogens with one attached hydrogen (secondary N) is 7. The summed E-state index contributed by atoms with van der Waals surface area (Å²) in [5.74, 6) is -15.9. The van der Waals surface area contributed by atoms with E-state index in [-0.39, 0.29) is 50.1 Å². The number of aliphatic carboxylic acids is 2. The molecule has 0 aliphatic carbocycles. The van der Waals surface area contributed by atoms with E-state index in [0.29, 0.717) is 16.5 Å². The summed E-state index contributed by atoms with van der Waals surface area (Å²) in [4.78, 5) is 113. The first-order valence-electron chi connectivity index (χ1n) is 27.5. The summed E-state index contributed by atoms with van der Waals surface area (Å²) in [5, 5.41) is 33.9. The molecule has 1 heterocycles. The number of unbranched alkanes of at least 4 members (excludes halogenated alkanes) is 1. The number of hydrogen-bond donors (Lipinski definition) is 11. The number of carbonyl (C=O) groups is 8. The van der Waals surface area contributed by atoms with Gasteiger partial charge in [0.2, 0.25) is 35.4 Å². The number of aromatic nitrogens is 1. The van der Waals surface area contributed by atoms with Gasteiger partial charge in [0.15, 0.2) is 0 Å². The maximum Gasteiger partial charge on any atom is 0.326 e. The third-order valence-electron chi connectivity index (χ3n) is 11.1. The topological polar surface area (TPSA) is 317 Å². The van der Waals surface area contributed by atoms with Crippen LogP contribution in [0.15, 0.2) is 60.8 Å². The van der Waals surface area contributed by atoms with Crippen LogP contribution in [0.4, 0.5) is 0 Å².